The monoisotopic (exact) mass is 313 g/mol. The first kappa shape index (κ1) is 16.5. The van der Waals surface area contributed by atoms with Crippen LogP contribution in [0.5, 0.6) is 0 Å². The molecule has 1 aliphatic carbocycles. The van der Waals surface area contributed by atoms with E-state index in [1.807, 2.05) is 0 Å². The Bertz CT molecular complexity index is 581. The fourth-order valence-corrected chi connectivity index (χ4v) is 2.43. The molecule has 0 fully saturated rings. The van der Waals surface area contributed by atoms with Crippen LogP contribution in [0.2, 0.25) is 0 Å². The highest BCUT2D eigenvalue weighted by molar-refractivity contribution is 5.90. The van der Waals surface area contributed by atoms with Crippen molar-refractivity contribution in [3.63, 3.8) is 0 Å². The second-order valence-corrected chi connectivity index (χ2v) is 5.61. The predicted molar refractivity (Wildman–Crippen MR) is 75.3 cm³/mol. The molecule has 0 radical (unpaired) electrons. The van der Waals surface area contributed by atoms with Gasteiger partial charge in [-0.1, -0.05) is 19.1 Å². The Labute approximate surface area is 127 Å². The molecule has 3 nitrogen and oxygen atoms in total. The van der Waals surface area contributed by atoms with Crippen LogP contribution in [0.3, 0.4) is 0 Å². The van der Waals surface area contributed by atoms with Crippen molar-refractivity contribution < 1.29 is 22.7 Å². The maximum Gasteiger partial charge on any atom is 0.433 e. The number of halogens is 3. The van der Waals surface area contributed by atoms with E-state index >= 15 is 0 Å². The average Bonchev–Trinajstić information content (AvgIpc) is 2.45. The van der Waals surface area contributed by atoms with Crippen LogP contribution in [0, 0.1) is 18.8 Å². The second kappa shape index (κ2) is 6.50. The Kier molecular flexibility index (Phi) is 4.88. The highest BCUT2D eigenvalue weighted by atomic mass is 19.4. The van der Waals surface area contributed by atoms with Gasteiger partial charge in [0.2, 0.25) is 0 Å². The van der Waals surface area contributed by atoms with E-state index in [0.29, 0.717) is 5.92 Å². The zero-order chi connectivity index (χ0) is 16.3. The number of pyridine rings is 1. The van der Waals surface area contributed by atoms with Gasteiger partial charge in [0.05, 0.1) is 17.9 Å². The molecule has 0 saturated carbocycles. The Balaban J connectivity index is 2.02. The summed E-state index contributed by atoms with van der Waals surface area (Å²) in [5.74, 6) is 0.0433. The Hall–Kier alpha value is -1.85. The largest absolute Gasteiger partial charge is 0.462 e. The summed E-state index contributed by atoms with van der Waals surface area (Å²) in [6.07, 6.45) is 1.44. The van der Waals surface area contributed by atoms with Crippen LogP contribution in [0.4, 0.5) is 13.2 Å². The van der Waals surface area contributed by atoms with Crippen LogP contribution >= 0.6 is 0 Å². The third-order valence-corrected chi connectivity index (χ3v) is 3.94. The standard InChI is InChI=1S/C16H18F3NO2/c1-10-5-3-4-6-12(10)9-22-15(21)13-7-8-14(16(17,18)19)20-11(13)2/h3-4,7-8,10,12H,5-6,9H2,1-2H3. The fourth-order valence-electron chi connectivity index (χ4n) is 2.43. The number of aryl methyl sites for hydroxylation is 1. The van der Waals surface area contributed by atoms with Crippen molar-refractivity contribution in [1.29, 1.82) is 0 Å². The summed E-state index contributed by atoms with van der Waals surface area (Å²) in [4.78, 5) is 15.5. The van der Waals surface area contributed by atoms with Gasteiger partial charge in [0.1, 0.15) is 5.69 Å². The summed E-state index contributed by atoms with van der Waals surface area (Å²) in [6, 6.07) is 1.92. The number of esters is 1. The molecule has 0 N–H and O–H groups in total. The SMILES string of the molecule is Cc1nc(C(F)(F)F)ccc1C(=O)OCC1CC=CCC1C. The lowest BCUT2D eigenvalue weighted by Crippen LogP contribution is -2.22. The van der Waals surface area contributed by atoms with E-state index in [9.17, 15) is 18.0 Å². The summed E-state index contributed by atoms with van der Waals surface area (Å²) >= 11 is 0. The Morgan fingerprint density at radius 2 is 2.00 bits per heavy atom. The molecule has 1 aromatic heterocycles. The highest BCUT2D eigenvalue weighted by Gasteiger charge is 2.33. The fraction of sp³-hybridized carbons (Fsp3) is 0.500. The molecule has 0 aromatic carbocycles. The van der Waals surface area contributed by atoms with E-state index in [-0.39, 0.29) is 23.8 Å². The molecular formula is C16H18F3NO2. The molecule has 2 unspecified atom stereocenters. The van der Waals surface area contributed by atoms with E-state index in [1.54, 1.807) is 0 Å². The molecule has 0 saturated heterocycles. The first-order chi connectivity index (χ1) is 10.3. The minimum atomic E-state index is -4.52. The second-order valence-electron chi connectivity index (χ2n) is 5.61. The number of hydrogen-bond acceptors (Lipinski definition) is 3. The van der Waals surface area contributed by atoms with Crippen LogP contribution in [-0.4, -0.2) is 17.6 Å². The van der Waals surface area contributed by atoms with Gasteiger partial charge in [-0.25, -0.2) is 9.78 Å². The first-order valence-corrected chi connectivity index (χ1v) is 7.16. The minimum Gasteiger partial charge on any atom is -0.462 e. The van der Waals surface area contributed by atoms with E-state index in [4.69, 9.17) is 4.74 Å². The molecule has 2 rings (SSSR count). The van der Waals surface area contributed by atoms with Gasteiger partial charge in [-0.15, -0.1) is 0 Å². The lowest BCUT2D eigenvalue weighted by atomic mass is 9.85. The number of allylic oxidation sites excluding steroid dienone is 2. The van der Waals surface area contributed by atoms with Crippen LogP contribution in [0.1, 0.15) is 41.5 Å². The molecular weight excluding hydrogens is 295 g/mol. The lowest BCUT2D eigenvalue weighted by molar-refractivity contribution is -0.141. The van der Waals surface area contributed by atoms with Gasteiger partial charge < -0.3 is 4.74 Å². The third kappa shape index (κ3) is 3.87. The number of alkyl halides is 3. The molecule has 6 heteroatoms. The van der Waals surface area contributed by atoms with Crippen molar-refractivity contribution in [3.8, 4) is 0 Å². The summed E-state index contributed by atoms with van der Waals surface area (Å²) in [7, 11) is 0. The zero-order valence-corrected chi connectivity index (χ0v) is 12.5. The molecule has 0 amide bonds. The third-order valence-electron chi connectivity index (χ3n) is 3.94. The van der Waals surface area contributed by atoms with Crippen molar-refractivity contribution in [2.75, 3.05) is 6.61 Å². The maximum atomic E-state index is 12.5. The Morgan fingerprint density at radius 1 is 1.32 bits per heavy atom. The van der Waals surface area contributed by atoms with E-state index in [0.717, 1.165) is 25.0 Å². The van der Waals surface area contributed by atoms with Gasteiger partial charge in [-0.05, 0) is 43.7 Å². The van der Waals surface area contributed by atoms with Gasteiger partial charge in [-0.2, -0.15) is 13.2 Å². The number of ether oxygens (including phenoxy) is 1. The smallest absolute Gasteiger partial charge is 0.433 e. The summed E-state index contributed by atoms with van der Waals surface area (Å²) in [6.45, 7) is 3.73. The summed E-state index contributed by atoms with van der Waals surface area (Å²) in [5.41, 5.74) is -0.906. The number of aromatic nitrogens is 1. The minimum absolute atomic E-state index is 0.0245. The first-order valence-electron chi connectivity index (χ1n) is 7.16. The van der Waals surface area contributed by atoms with Crippen molar-refractivity contribution in [3.05, 3.63) is 41.2 Å². The normalized spacial score (nSPS) is 21.7. The molecule has 0 bridgehead atoms. The number of hydrogen-bond donors (Lipinski definition) is 0. The molecule has 0 spiro atoms. The van der Waals surface area contributed by atoms with Gasteiger partial charge in [0.25, 0.3) is 0 Å². The number of carbonyl (C=O) groups is 1. The maximum absolute atomic E-state index is 12.5. The van der Waals surface area contributed by atoms with Crippen LogP contribution < -0.4 is 0 Å². The van der Waals surface area contributed by atoms with E-state index < -0.39 is 17.8 Å². The molecule has 120 valence electrons. The molecule has 2 atom stereocenters. The van der Waals surface area contributed by atoms with Crippen LogP contribution in [-0.2, 0) is 10.9 Å². The van der Waals surface area contributed by atoms with E-state index in [2.05, 4.69) is 24.1 Å². The van der Waals surface area contributed by atoms with Gasteiger partial charge in [0.15, 0.2) is 0 Å². The van der Waals surface area contributed by atoms with Crippen molar-refractivity contribution in [1.82, 2.24) is 4.98 Å². The molecule has 22 heavy (non-hydrogen) atoms. The number of carbonyl (C=O) groups excluding carboxylic acids is 1. The summed E-state index contributed by atoms with van der Waals surface area (Å²) < 4.78 is 42.9. The summed E-state index contributed by atoms with van der Waals surface area (Å²) in [5, 5.41) is 0. The highest BCUT2D eigenvalue weighted by Crippen LogP contribution is 2.29. The van der Waals surface area contributed by atoms with Crippen molar-refractivity contribution >= 4 is 5.97 Å². The molecule has 0 aliphatic heterocycles. The quantitative estimate of drug-likeness (QED) is 0.621. The lowest BCUT2D eigenvalue weighted by Gasteiger charge is -2.24. The van der Waals surface area contributed by atoms with Crippen LogP contribution in [0.15, 0.2) is 24.3 Å². The van der Waals surface area contributed by atoms with Crippen LogP contribution in [0.25, 0.3) is 0 Å². The topological polar surface area (TPSA) is 39.2 Å². The zero-order valence-electron chi connectivity index (χ0n) is 12.5. The number of rotatable bonds is 3. The van der Waals surface area contributed by atoms with Gasteiger partial charge in [0, 0.05) is 0 Å². The van der Waals surface area contributed by atoms with Crippen molar-refractivity contribution in [2.45, 2.75) is 32.9 Å². The van der Waals surface area contributed by atoms with E-state index in [1.165, 1.54) is 6.92 Å². The number of nitrogens with zero attached hydrogens (tertiary/aromatic N) is 1. The van der Waals surface area contributed by atoms with Gasteiger partial charge >= 0.3 is 12.1 Å². The average molecular weight is 313 g/mol. The predicted octanol–water partition coefficient (Wildman–Crippen LogP) is 4.17. The Morgan fingerprint density at radius 3 is 2.59 bits per heavy atom. The molecule has 1 aliphatic rings. The van der Waals surface area contributed by atoms with Gasteiger partial charge in [-0.3, -0.25) is 0 Å². The van der Waals surface area contributed by atoms with Crippen molar-refractivity contribution in [2.24, 2.45) is 11.8 Å². The molecule has 1 heterocycles. The molecule has 1 aromatic rings.